The SMILES string of the molecule is CCCC(NC(C)CCc1ccco1)c1cccs1. The van der Waals surface area contributed by atoms with Crippen LogP contribution in [0.5, 0.6) is 0 Å². The number of hydrogen-bond donors (Lipinski definition) is 1. The molecule has 2 unspecified atom stereocenters. The molecule has 0 saturated carbocycles. The van der Waals surface area contributed by atoms with E-state index in [4.69, 9.17) is 4.42 Å². The summed E-state index contributed by atoms with van der Waals surface area (Å²) in [6.07, 6.45) is 6.27. The van der Waals surface area contributed by atoms with E-state index < -0.39 is 0 Å². The van der Waals surface area contributed by atoms with Gasteiger partial charge >= 0.3 is 0 Å². The second-order valence-corrected chi connectivity index (χ2v) is 6.02. The summed E-state index contributed by atoms with van der Waals surface area (Å²) in [6, 6.07) is 9.38. The highest BCUT2D eigenvalue weighted by Crippen LogP contribution is 2.24. The van der Waals surface area contributed by atoms with E-state index in [0.29, 0.717) is 12.1 Å². The Hall–Kier alpha value is -1.06. The maximum Gasteiger partial charge on any atom is 0.103 e. The lowest BCUT2D eigenvalue weighted by Crippen LogP contribution is -2.30. The molecule has 2 aromatic heterocycles. The lowest BCUT2D eigenvalue weighted by atomic mass is 10.1. The van der Waals surface area contributed by atoms with Gasteiger partial charge in [0.1, 0.15) is 5.76 Å². The lowest BCUT2D eigenvalue weighted by Gasteiger charge is -2.22. The molecule has 2 nitrogen and oxygen atoms in total. The van der Waals surface area contributed by atoms with Gasteiger partial charge in [0, 0.05) is 23.4 Å². The van der Waals surface area contributed by atoms with Crippen LogP contribution in [0.3, 0.4) is 0 Å². The molecule has 0 radical (unpaired) electrons. The fourth-order valence-electron chi connectivity index (χ4n) is 2.33. The molecule has 104 valence electrons. The number of aryl methyl sites for hydroxylation is 1. The first-order valence-electron chi connectivity index (χ1n) is 7.11. The van der Waals surface area contributed by atoms with E-state index in [0.717, 1.165) is 18.6 Å². The third-order valence-electron chi connectivity index (χ3n) is 3.35. The Morgan fingerprint density at radius 3 is 2.79 bits per heavy atom. The van der Waals surface area contributed by atoms with Crippen molar-refractivity contribution in [2.75, 3.05) is 0 Å². The minimum atomic E-state index is 0.497. The van der Waals surface area contributed by atoms with E-state index in [1.807, 2.05) is 17.4 Å². The highest BCUT2D eigenvalue weighted by molar-refractivity contribution is 7.10. The Morgan fingerprint density at radius 2 is 2.16 bits per heavy atom. The predicted octanol–water partition coefficient (Wildman–Crippen LogP) is 4.79. The second-order valence-electron chi connectivity index (χ2n) is 5.04. The molecule has 0 spiro atoms. The van der Waals surface area contributed by atoms with Crippen molar-refractivity contribution in [1.82, 2.24) is 5.32 Å². The van der Waals surface area contributed by atoms with Crippen molar-refractivity contribution in [3.05, 3.63) is 46.5 Å². The number of nitrogens with one attached hydrogen (secondary N) is 1. The molecule has 0 fully saturated rings. The van der Waals surface area contributed by atoms with Gasteiger partial charge in [0.15, 0.2) is 0 Å². The van der Waals surface area contributed by atoms with Gasteiger partial charge in [-0.2, -0.15) is 0 Å². The van der Waals surface area contributed by atoms with Crippen LogP contribution in [0.25, 0.3) is 0 Å². The summed E-state index contributed by atoms with van der Waals surface area (Å²) in [5.74, 6) is 1.08. The number of rotatable bonds is 8. The van der Waals surface area contributed by atoms with Gasteiger partial charge in [-0.1, -0.05) is 19.4 Å². The number of hydrogen-bond acceptors (Lipinski definition) is 3. The van der Waals surface area contributed by atoms with E-state index in [1.165, 1.54) is 17.7 Å². The largest absolute Gasteiger partial charge is 0.469 e. The fourth-order valence-corrected chi connectivity index (χ4v) is 3.15. The summed E-state index contributed by atoms with van der Waals surface area (Å²) < 4.78 is 5.38. The van der Waals surface area contributed by atoms with Crippen LogP contribution >= 0.6 is 11.3 Å². The molecule has 1 N–H and O–H groups in total. The van der Waals surface area contributed by atoms with Crippen molar-refractivity contribution in [1.29, 1.82) is 0 Å². The zero-order valence-corrected chi connectivity index (χ0v) is 12.6. The first kappa shape index (κ1) is 14.4. The van der Waals surface area contributed by atoms with Gasteiger partial charge in [-0.3, -0.25) is 0 Å². The minimum Gasteiger partial charge on any atom is -0.469 e. The molecule has 0 aliphatic rings. The Labute approximate surface area is 119 Å². The highest BCUT2D eigenvalue weighted by atomic mass is 32.1. The average Bonchev–Trinajstić information content (AvgIpc) is 3.09. The molecule has 19 heavy (non-hydrogen) atoms. The maximum absolute atomic E-state index is 5.38. The van der Waals surface area contributed by atoms with Gasteiger partial charge in [-0.25, -0.2) is 0 Å². The summed E-state index contributed by atoms with van der Waals surface area (Å²) in [4.78, 5) is 1.45. The third kappa shape index (κ3) is 4.51. The Morgan fingerprint density at radius 1 is 1.26 bits per heavy atom. The van der Waals surface area contributed by atoms with Gasteiger partial charge in [0.05, 0.1) is 6.26 Å². The summed E-state index contributed by atoms with van der Waals surface area (Å²) in [5, 5.41) is 5.91. The summed E-state index contributed by atoms with van der Waals surface area (Å²) in [7, 11) is 0. The molecule has 0 aliphatic heterocycles. The average molecular weight is 277 g/mol. The van der Waals surface area contributed by atoms with Crippen molar-refractivity contribution in [3.8, 4) is 0 Å². The van der Waals surface area contributed by atoms with Crippen LogP contribution in [0.2, 0.25) is 0 Å². The van der Waals surface area contributed by atoms with Gasteiger partial charge < -0.3 is 9.73 Å². The fraction of sp³-hybridized carbons (Fsp3) is 0.500. The van der Waals surface area contributed by atoms with Crippen LogP contribution in [0, 0.1) is 0 Å². The van der Waals surface area contributed by atoms with Crippen molar-refractivity contribution < 1.29 is 4.42 Å². The molecule has 3 heteroatoms. The van der Waals surface area contributed by atoms with E-state index in [9.17, 15) is 0 Å². The molecule has 2 heterocycles. The second kappa shape index (κ2) is 7.51. The predicted molar refractivity (Wildman–Crippen MR) is 81.6 cm³/mol. The molecule has 2 aromatic rings. The normalized spacial score (nSPS) is 14.4. The zero-order valence-electron chi connectivity index (χ0n) is 11.8. The van der Waals surface area contributed by atoms with E-state index in [1.54, 1.807) is 6.26 Å². The Bertz CT molecular complexity index is 435. The van der Waals surface area contributed by atoms with E-state index >= 15 is 0 Å². The molecule has 0 amide bonds. The van der Waals surface area contributed by atoms with E-state index in [-0.39, 0.29) is 0 Å². The van der Waals surface area contributed by atoms with E-state index in [2.05, 4.69) is 42.7 Å². The van der Waals surface area contributed by atoms with Crippen LogP contribution in [0.4, 0.5) is 0 Å². The molecule has 2 rings (SSSR count). The van der Waals surface area contributed by atoms with Crippen molar-refractivity contribution in [3.63, 3.8) is 0 Å². The third-order valence-corrected chi connectivity index (χ3v) is 4.34. The molecular formula is C16H23NOS. The summed E-state index contributed by atoms with van der Waals surface area (Å²) in [6.45, 7) is 4.51. The topological polar surface area (TPSA) is 25.2 Å². The molecule has 2 atom stereocenters. The maximum atomic E-state index is 5.38. The van der Waals surface area contributed by atoms with Gasteiger partial charge in [-0.15, -0.1) is 11.3 Å². The van der Waals surface area contributed by atoms with Crippen LogP contribution in [-0.4, -0.2) is 6.04 Å². The Kier molecular flexibility index (Phi) is 5.67. The van der Waals surface area contributed by atoms with Crippen LogP contribution in [-0.2, 0) is 6.42 Å². The van der Waals surface area contributed by atoms with Crippen molar-refractivity contribution >= 4 is 11.3 Å². The molecule has 0 aliphatic carbocycles. The Balaban J connectivity index is 1.83. The van der Waals surface area contributed by atoms with Crippen LogP contribution in [0.15, 0.2) is 40.3 Å². The van der Waals surface area contributed by atoms with Gasteiger partial charge in [-0.05, 0) is 43.3 Å². The standard InChI is InChI=1S/C16H23NOS/c1-3-6-15(16-8-5-12-19-16)17-13(2)9-10-14-7-4-11-18-14/h4-5,7-8,11-13,15,17H,3,6,9-10H2,1-2H3. The molecule has 0 aromatic carbocycles. The first-order valence-corrected chi connectivity index (χ1v) is 7.99. The number of furan rings is 1. The number of thiophene rings is 1. The van der Waals surface area contributed by atoms with Crippen molar-refractivity contribution in [2.45, 2.75) is 51.6 Å². The minimum absolute atomic E-state index is 0.497. The van der Waals surface area contributed by atoms with Crippen molar-refractivity contribution in [2.24, 2.45) is 0 Å². The summed E-state index contributed by atoms with van der Waals surface area (Å²) in [5.41, 5.74) is 0. The molecular weight excluding hydrogens is 254 g/mol. The monoisotopic (exact) mass is 277 g/mol. The first-order chi connectivity index (χ1) is 9.29. The highest BCUT2D eigenvalue weighted by Gasteiger charge is 2.14. The van der Waals surface area contributed by atoms with Gasteiger partial charge in [0.25, 0.3) is 0 Å². The van der Waals surface area contributed by atoms with Gasteiger partial charge in [0.2, 0.25) is 0 Å². The van der Waals surface area contributed by atoms with Crippen LogP contribution in [0.1, 0.15) is 49.8 Å². The quantitative estimate of drug-likeness (QED) is 0.750. The summed E-state index contributed by atoms with van der Waals surface area (Å²) >= 11 is 1.85. The molecule has 0 bridgehead atoms. The molecule has 0 saturated heterocycles. The smallest absolute Gasteiger partial charge is 0.103 e. The van der Waals surface area contributed by atoms with Crippen LogP contribution < -0.4 is 5.32 Å². The lowest BCUT2D eigenvalue weighted by molar-refractivity contribution is 0.404. The zero-order chi connectivity index (χ0) is 13.5.